The number of aryl methyl sites for hydroxylation is 1. The van der Waals surface area contributed by atoms with Crippen LogP contribution in [0.1, 0.15) is 11.4 Å². The number of aromatic amines is 1. The molecule has 0 spiro atoms. The highest BCUT2D eigenvalue weighted by Gasteiger charge is 2.07. The van der Waals surface area contributed by atoms with Gasteiger partial charge in [-0.3, -0.25) is 4.79 Å². The lowest BCUT2D eigenvalue weighted by Crippen LogP contribution is -2.11. The van der Waals surface area contributed by atoms with Crippen LogP contribution in [0, 0.1) is 6.92 Å². The van der Waals surface area contributed by atoms with Crippen LogP contribution in [-0.2, 0) is 5.88 Å². The van der Waals surface area contributed by atoms with Crippen LogP contribution in [0.25, 0.3) is 10.9 Å². The number of H-pyrrole nitrogens is 1. The molecule has 0 aliphatic carbocycles. The third kappa shape index (κ3) is 1.85. The minimum absolute atomic E-state index is 0.162. The van der Waals surface area contributed by atoms with Gasteiger partial charge in [0.05, 0.1) is 21.8 Å². The van der Waals surface area contributed by atoms with Crippen LogP contribution >= 0.6 is 23.2 Å². The Balaban J connectivity index is 2.91. The normalized spacial score (nSPS) is 10.9. The fraction of sp³-hybridized carbons (Fsp3) is 0.200. The standard InChI is InChI=1S/C10H8Cl2N2O/c1-5-2-6-9(7(12)3-5)13-8(4-11)14-10(6)15/h2-3H,4H2,1H3,(H,13,14,15). The first-order valence-electron chi connectivity index (χ1n) is 4.37. The average Bonchev–Trinajstić information content (AvgIpc) is 2.19. The summed E-state index contributed by atoms with van der Waals surface area (Å²) < 4.78 is 0. The van der Waals surface area contributed by atoms with Gasteiger partial charge in [-0.25, -0.2) is 4.98 Å². The van der Waals surface area contributed by atoms with Crippen LogP contribution in [0.2, 0.25) is 5.02 Å². The van der Waals surface area contributed by atoms with E-state index in [4.69, 9.17) is 23.2 Å². The Bertz CT molecular complexity index is 577. The number of aromatic nitrogens is 2. The third-order valence-electron chi connectivity index (χ3n) is 2.08. The van der Waals surface area contributed by atoms with Gasteiger partial charge in [0.25, 0.3) is 5.56 Å². The van der Waals surface area contributed by atoms with Gasteiger partial charge in [-0.2, -0.15) is 0 Å². The van der Waals surface area contributed by atoms with Gasteiger partial charge < -0.3 is 4.98 Å². The number of hydrogen-bond acceptors (Lipinski definition) is 2. The molecule has 2 rings (SSSR count). The minimum atomic E-state index is -0.207. The molecule has 1 aromatic heterocycles. The molecule has 3 nitrogen and oxygen atoms in total. The zero-order valence-corrected chi connectivity index (χ0v) is 9.49. The Labute approximate surface area is 96.1 Å². The number of halogens is 2. The van der Waals surface area contributed by atoms with Crippen LogP contribution in [0.5, 0.6) is 0 Å². The summed E-state index contributed by atoms with van der Waals surface area (Å²) in [5, 5.41) is 0.969. The van der Waals surface area contributed by atoms with Gasteiger partial charge >= 0.3 is 0 Å². The summed E-state index contributed by atoms with van der Waals surface area (Å²) in [4.78, 5) is 18.4. The summed E-state index contributed by atoms with van der Waals surface area (Å²) >= 11 is 11.6. The summed E-state index contributed by atoms with van der Waals surface area (Å²) in [7, 11) is 0. The van der Waals surface area contributed by atoms with E-state index in [1.165, 1.54) is 0 Å². The number of hydrogen-bond donors (Lipinski definition) is 1. The summed E-state index contributed by atoms with van der Waals surface area (Å²) in [5.41, 5.74) is 1.22. The molecule has 1 N–H and O–H groups in total. The first-order chi connectivity index (χ1) is 7.11. The van der Waals surface area contributed by atoms with Crippen molar-refractivity contribution < 1.29 is 0 Å². The Morgan fingerprint density at radius 2 is 2.20 bits per heavy atom. The van der Waals surface area contributed by atoms with E-state index in [2.05, 4.69) is 9.97 Å². The Morgan fingerprint density at radius 3 is 2.87 bits per heavy atom. The number of benzene rings is 1. The molecule has 0 bridgehead atoms. The number of nitrogens with zero attached hydrogens (tertiary/aromatic N) is 1. The molecule has 0 saturated heterocycles. The molecule has 0 amide bonds. The number of nitrogens with one attached hydrogen (secondary N) is 1. The smallest absolute Gasteiger partial charge is 0.258 e. The molecule has 0 saturated carbocycles. The monoisotopic (exact) mass is 242 g/mol. The number of rotatable bonds is 1. The highest BCUT2D eigenvalue weighted by Crippen LogP contribution is 2.21. The summed E-state index contributed by atoms with van der Waals surface area (Å²) in [6, 6.07) is 3.53. The molecule has 1 heterocycles. The molecule has 0 fully saturated rings. The van der Waals surface area contributed by atoms with E-state index in [0.29, 0.717) is 21.7 Å². The molecule has 0 radical (unpaired) electrons. The van der Waals surface area contributed by atoms with Gasteiger partial charge in [-0.05, 0) is 24.6 Å². The summed E-state index contributed by atoms with van der Waals surface area (Å²) in [5.74, 6) is 0.593. The maximum Gasteiger partial charge on any atom is 0.258 e. The van der Waals surface area contributed by atoms with Gasteiger partial charge in [-0.15, -0.1) is 11.6 Å². The second-order valence-electron chi connectivity index (χ2n) is 3.29. The molecule has 5 heteroatoms. The predicted molar refractivity (Wildman–Crippen MR) is 61.7 cm³/mol. The van der Waals surface area contributed by atoms with Crippen molar-refractivity contribution in [3.8, 4) is 0 Å². The first-order valence-corrected chi connectivity index (χ1v) is 5.28. The maximum atomic E-state index is 11.7. The lowest BCUT2D eigenvalue weighted by atomic mass is 10.2. The fourth-order valence-corrected chi connectivity index (χ4v) is 1.89. The van der Waals surface area contributed by atoms with Crippen LogP contribution in [0.3, 0.4) is 0 Å². The predicted octanol–water partition coefficient (Wildman–Crippen LogP) is 2.62. The van der Waals surface area contributed by atoms with Crippen molar-refractivity contribution in [3.63, 3.8) is 0 Å². The SMILES string of the molecule is Cc1cc(Cl)c2nc(CCl)[nH]c(=O)c2c1. The van der Waals surface area contributed by atoms with E-state index in [1.807, 2.05) is 6.92 Å². The topological polar surface area (TPSA) is 45.8 Å². The lowest BCUT2D eigenvalue weighted by Gasteiger charge is -2.03. The van der Waals surface area contributed by atoms with Crippen molar-refractivity contribution >= 4 is 34.1 Å². The quantitative estimate of drug-likeness (QED) is 0.782. The highest BCUT2D eigenvalue weighted by molar-refractivity contribution is 6.35. The Kier molecular flexibility index (Phi) is 2.67. The second-order valence-corrected chi connectivity index (χ2v) is 3.96. The highest BCUT2D eigenvalue weighted by atomic mass is 35.5. The average molecular weight is 243 g/mol. The second kappa shape index (κ2) is 3.83. The number of alkyl halides is 1. The van der Waals surface area contributed by atoms with Crippen molar-refractivity contribution in [2.75, 3.05) is 0 Å². The molecule has 15 heavy (non-hydrogen) atoms. The fourth-order valence-electron chi connectivity index (χ4n) is 1.45. The lowest BCUT2D eigenvalue weighted by molar-refractivity contribution is 1.03. The van der Waals surface area contributed by atoms with Crippen molar-refractivity contribution in [2.45, 2.75) is 12.8 Å². The van der Waals surface area contributed by atoms with Gasteiger partial charge in [0.15, 0.2) is 0 Å². The molecular formula is C10H8Cl2N2O. The van der Waals surface area contributed by atoms with Crippen LogP contribution in [0.15, 0.2) is 16.9 Å². The molecule has 0 unspecified atom stereocenters. The molecule has 0 aliphatic rings. The third-order valence-corrected chi connectivity index (χ3v) is 2.62. The molecule has 0 atom stereocenters. The van der Waals surface area contributed by atoms with Gasteiger partial charge in [0, 0.05) is 0 Å². The largest absolute Gasteiger partial charge is 0.309 e. The van der Waals surface area contributed by atoms with E-state index in [-0.39, 0.29) is 11.4 Å². The maximum absolute atomic E-state index is 11.7. The van der Waals surface area contributed by atoms with E-state index in [9.17, 15) is 4.79 Å². The van der Waals surface area contributed by atoms with E-state index >= 15 is 0 Å². The van der Waals surface area contributed by atoms with Crippen LogP contribution in [0.4, 0.5) is 0 Å². The Morgan fingerprint density at radius 1 is 1.47 bits per heavy atom. The van der Waals surface area contributed by atoms with E-state index in [1.54, 1.807) is 12.1 Å². The molecule has 1 aromatic carbocycles. The first kappa shape index (κ1) is 10.5. The number of fused-ring (bicyclic) bond motifs is 1. The Hall–Kier alpha value is -1.06. The summed E-state index contributed by atoms with van der Waals surface area (Å²) in [6.45, 7) is 1.88. The molecular weight excluding hydrogens is 235 g/mol. The zero-order valence-electron chi connectivity index (χ0n) is 7.97. The van der Waals surface area contributed by atoms with Crippen molar-refractivity contribution in [1.82, 2.24) is 9.97 Å². The molecule has 78 valence electrons. The molecule has 0 aliphatic heterocycles. The van der Waals surface area contributed by atoms with Crippen LogP contribution < -0.4 is 5.56 Å². The molecule has 2 aromatic rings. The van der Waals surface area contributed by atoms with Crippen molar-refractivity contribution in [2.24, 2.45) is 0 Å². The van der Waals surface area contributed by atoms with Crippen molar-refractivity contribution in [1.29, 1.82) is 0 Å². The van der Waals surface area contributed by atoms with E-state index < -0.39 is 0 Å². The van der Waals surface area contributed by atoms with Gasteiger partial charge in [0.2, 0.25) is 0 Å². The van der Waals surface area contributed by atoms with Crippen molar-refractivity contribution in [3.05, 3.63) is 38.9 Å². The zero-order chi connectivity index (χ0) is 11.0. The summed E-state index contributed by atoms with van der Waals surface area (Å²) in [6.07, 6.45) is 0. The minimum Gasteiger partial charge on any atom is -0.309 e. The van der Waals surface area contributed by atoms with Gasteiger partial charge in [-0.1, -0.05) is 11.6 Å². The van der Waals surface area contributed by atoms with E-state index in [0.717, 1.165) is 5.56 Å². The van der Waals surface area contributed by atoms with Crippen LogP contribution in [-0.4, -0.2) is 9.97 Å². The van der Waals surface area contributed by atoms with Gasteiger partial charge in [0.1, 0.15) is 5.82 Å².